The molecule has 1 nitrogen and oxygen atoms in total. The topological polar surface area (TPSA) is 9.23 Å². The fourth-order valence-electron chi connectivity index (χ4n) is 0.330. The molecule has 0 fully saturated rings. The zero-order valence-electron chi connectivity index (χ0n) is 4.98. The van der Waals surface area contributed by atoms with Gasteiger partial charge in [-0.15, -0.1) is 11.6 Å². The predicted octanol–water partition coefficient (Wildman–Crippen LogP) is 1.98. The standard InChI is InChI=1S/C6H10ClO/c1-3-6(5-7)8-4-2/h3H,2,4-5H2,1H3. The Balaban J connectivity index is 3.38. The number of hydrogen-bond donors (Lipinski definition) is 0. The van der Waals surface area contributed by atoms with E-state index in [9.17, 15) is 0 Å². The van der Waals surface area contributed by atoms with Crippen LogP contribution >= 0.6 is 11.6 Å². The molecule has 1 radical (unpaired) electrons. The predicted molar refractivity (Wildman–Crippen MR) is 35.8 cm³/mol. The highest BCUT2D eigenvalue weighted by atomic mass is 35.5. The van der Waals surface area contributed by atoms with Crippen LogP contribution in [0, 0.1) is 6.92 Å². The van der Waals surface area contributed by atoms with Gasteiger partial charge in [0.15, 0.2) is 0 Å². The molecule has 8 heavy (non-hydrogen) atoms. The van der Waals surface area contributed by atoms with Crippen molar-refractivity contribution in [2.75, 3.05) is 12.5 Å². The van der Waals surface area contributed by atoms with Crippen LogP contribution in [-0.2, 0) is 4.74 Å². The maximum atomic E-state index is 5.43. The second-order valence-corrected chi connectivity index (χ2v) is 1.50. The van der Waals surface area contributed by atoms with Gasteiger partial charge in [0.25, 0.3) is 0 Å². The van der Waals surface area contributed by atoms with Crippen molar-refractivity contribution in [3.63, 3.8) is 0 Å². The summed E-state index contributed by atoms with van der Waals surface area (Å²) >= 11 is 5.43. The van der Waals surface area contributed by atoms with Gasteiger partial charge in [0, 0.05) is 0 Å². The highest BCUT2D eigenvalue weighted by Crippen LogP contribution is 1.97. The summed E-state index contributed by atoms with van der Waals surface area (Å²) in [5, 5.41) is 0. The highest BCUT2D eigenvalue weighted by molar-refractivity contribution is 6.19. The van der Waals surface area contributed by atoms with Crippen molar-refractivity contribution in [1.29, 1.82) is 0 Å². The van der Waals surface area contributed by atoms with Crippen molar-refractivity contribution in [3.8, 4) is 0 Å². The number of alkyl halides is 1. The first-order valence-corrected chi connectivity index (χ1v) is 3.01. The first-order chi connectivity index (χ1) is 3.85. The Morgan fingerprint density at radius 1 is 1.88 bits per heavy atom. The molecule has 0 amide bonds. The molecule has 0 aliphatic rings. The van der Waals surface area contributed by atoms with E-state index in [1.807, 2.05) is 13.0 Å². The van der Waals surface area contributed by atoms with Crippen LogP contribution in [0.3, 0.4) is 0 Å². The van der Waals surface area contributed by atoms with Crippen molar-refractivity contribution in [2.45, 2.75) is 6.92 Å². The van der Waals surface area contributed by atoms with Gasteiger partial charge in [0.2, 0.25) is 0 Å². The van der Waals surface area contributed by atoms with E-state index in [1.54, 1.807) is 0 Å². The van der Waals surface area contributed by atoms with Gasteiger partial charge in [-0.3, -0.25) is 0 Å². The van der Waals surface area contributed by atoms with E-state index in [2.05, 4.69) is 6.92 Å². The molecule has 0 aliphatic heterocycles. The molecule has 2 heteroatoms. The summed E-state index contributed by atoms with van der Waals surface area (Å²) in [4.78, 5) is 0. The molecule has 0 bridgehead atoms. The molecular formula is C6H10ClO. The van der Waals surface area contributed by atoms with Crippen LogP contribution in [0.5, 0.6) is 0 Å². The molecule has 0 unspecified atom stereocenters. The molecule has 0 saturated carbocycles. The Kier molecular flexibility index (Phi) is 4.87. The summed E-state index contributed by atoms with van der Waals surface area (Å²) in [7, 11) is 0. The van der Waals surface area contributed by atoms with Gasteiger partial charge < -0.3 is 4.74 Å². The Hall–Kier alpha value is -0.170. The van der Waals surface area contributed by atoms with E-state index in [1.165, 1.54) is 0 Å². The highest BCUT2D eigenvalue weighted by Gasteiger charge is 1.88. The zero-order valence-corrected chi connectivity index (χ0v) is 5.74. The lowest BCUT2D eigenvalue weighted by Crippen LogP contribution is -1.91. The molecule has 0 aromatic rings. The second-order valence-electron chi connectivity index (χ2n) is 1.24. The van der Waals surface area contributed by atoms with E-state index >= 15 is 0 Å². The first kappa shape index (κ1) is 7.83. The minimum absolute atomic E-state index is 0.437. The Morgan fingerprint density at radius 3 is 2.62 bits per heavy atom. The number of rotatable bonds is 3. The van der Waals surface area contributed by atoms with Gasteiger partial charge in [-0.1, -0.05) is 0 Å². The van der Waals surface area contributed by atoms with E-state index < -0.39 is 0 Å². The number of ether oxygens (including phenoxy) is 1. The van der Waals surface area contributed by atoms with Gasteiger partial charge in [-0.2, -0.15) is 0 Å². The number of hydrogen-bond acceptors (Lipinski definition) is 1. The lowest BCUT2D eigenvalue weighted by molar-refractivity contribution is 0.249. The van der Waals surface area contributed by atoms with Crippen molar-refractivity contribution >= 4 is 11.6 Å². The zero-order chi connectivity index (χ0) is 6.41. The van der Waals surface area contributed by atoms with Crippen molar-refractivity contribution in [1.82, 2.24) is 0 Å². The fourth-order valence-corrected chi connectivity index (χ4v) is 0.562. The smallest absolute Gasteiger partial charge is 0.106 e. The van der Waals surface area contributed by atoms with Crippen molar-refractivity contribution in [3.05, 3.63) is 18.8 Å². The molecule has 0 aromatic heterocycles. The third-order valence-corrected chi connectivity index (χ3v) is 1.00. The van der Waals surface area contributed by atoms with Crippen molar-refractivity contribution < 1.29 is 4.74 Å². The average molecular weight is 134 g/mol. The minimum atomic E-state index is 0.437. The first-order valence-electron chi connectivity index (χ1n) is 2.48. The van der Waals surface area contributed by atoms with Gasteiger partial charge in [-0.25, -0.2) is 0 Å². The van der Waals surface area contributed by atoms with E-state index in [0.717, 1.165) is 5.76 Å². The molecule has 0 heterocycles. The van der Waals surface area contributed by atoms with Crippen LogP contribution in [0.1, 0.15) is 6.92 Å². The van der Waals surface area contributed by atoms with E-state index in [-0.39, 0.29) is 0 Å². The molecule has 47 valence electrons. The van der Waals surface area contributed by atoms with E-state index in [4.69, 9.17) is 16.3 Å². The molecule has 0 atom stereocenters. The van der Waals surface area contributed by atoms with Crippen LogP contribution in [0.15, 0.2) is 11.8 Å². The third-order valence-electron chi connectivity index (χ3n) is 0.741. The van der Waals surface area contributed by atoms with Crippen LogP contribution in [0.4, 0.5) is 0 Å². The summed E-state index contributed by atoms with van der Waals surface area (Å²) < 4.78 is 4.96. The molecule has 0 spiro atoms. The van der Waals surface area contributed by atoms with Crippen LogP contribution in [0.25, 0.3) is 0 Å². The van der Waals surface area contributed by atoms with Crippen LogP contribution in [-0.4, -0.2) is 12.5 Å². The lowest BCUT2D eigenvalue weighted by atomic mass is 10.5. The molecule has 0 rings (SSSR count). The summed E-state index contributed by atoms with van der Waals surface area (Å²) in [5.74, 6) is 1.23. The number of halogens is 1. The largest absolute Gasteiger partial charge is 0.497 e. The SMILES string of the molecule is [CH2]COC(=CC)CCl. The number of allylic oxidation sites excluding steroid dienone is 2. The molecule has 0 aromatic carbocycles. The molecule has 0 N–H and O–H groups in total. The third kappa shape index (κ3) is 2.92. The maximum absolute atomic E-state index is 5.43. The van der Waals surface area contributed by atoms with Gasteiger partial charge in [0.05, 0.1) is 12.5 Å². The van der Waals surface area contributed by atoms with Crippen LogP contribution < -0.4 is 0 Å². The lowest BCUT2D eigenvalue weighted by Gasteiger charge is -2.01. The minimum Gasteiger partial charge on any atom is -0.497 e. The monoisotopic (exact) mass is 133 g/mol. The van der Waals surface area contributed by atoms with Gasteiger partial charge >= 0.3 is 0 Å². The normalized spacial score (nSPS) is 11.6. The molecule has 0 aliphatic carbocycles. The van der Waals surface area contributed by atoms with Crippen molar-refractivity contribution in [2.24, 2.45) is 0 Å². The molecular weight excluding hydrogens is 124 g/mol. The quantitative estimate of drug-likeness (QED) is 0.423. The summed E-state index contributed by atoms with van der Waals surface area (Å²) in [5.41, 5.74) is 0. The summed E-state index contributed by atoms with van der Waals surface area (Å²) in [6.07, 6.45) is 1.83. The van der Waals surface area contributed by atoms with E-state index in [0.29, 0.717) is 12.5 Å². The Morgan fingerprint density at radius 2 is 2.50 bits per heavy atom. The van der Waals surface area contributed by atoms with Gasteiger partial charge in [0.1, 0.15) is 5.76 Å². The average Bonchev–Trinajstić information content (AvgIpc) is 1.83. The van der Waals surface area contributed by atoms with Gasteiger partial charge in [-0.05, 0) is 19.9 Å². The fraction of sp³-hybridized carbons (Fsp3) is 0.500. The second kappa shape index (κ2) is 4.98. The maximum Gasteiger partial charge on any atom is 0.106 e. The Bertz CT molecular complexity index is 78.6. The molecule has 0 saturated heterocycles. The Labute approximate surface area is 55.3 Å². The summed E-state index contributed by atoms with van der Waals surface area (Å²) in [6, 6.07) is 0. The summed E-state index contributed by atoms with van der Waals surface area (Å²) in [6.45, 7) is 5.83. The van der Waals surface area contributed by atoms with Crippen LogP contribution in [0.2, 0.25) is 0 Å².